The van der Waals surface area contributed by atoms with Crippen LogP contribution in [0.2, 0.25) is 0 Å². The number of urea groups is 1. The number of carbonyl (C=O) groups is 2. The van der Waals surface area contributed by atoms with Crippen molar-refractivity contribution >= 4 is 12.0 Å². The van der Waals surface area contributed by atoms with Crippen LogP contribution in [0.3, 0.4) is 0 Å². The monoisotopic (exact) mass is 296 g/mol. The highest BCUT2D eigenvalue weighted by atomic mass is 16.4. The van der Waals surface area contributed by atoms with E-state index in [9.17, 15) is 14.7 Å². The van der Waals surface area contributed by atoms with Crippen LogP contribution < -0.4 is 0 Å². The summed E-state index contributed by atoms with van der Waals surface area (Å²) in [4.78, 5) is 28.4. The van der Waals surface area contributed by atoms with Gasteiger partial charge in [0.1, 0.15) is 5.54 Å². The van der Waals surface area contributed by atoms with Crippen molar-refractivity contribution in [3.8, 4) is 0 Å². The maximum atomic E-state index is 12.9. The topological polar surface area (TPSA) is 60.9 Å². The van der Waals surface area contributed by atoms with E-state index in [1.807, 2.05) is 11.8 Å². The molecule has 0 aromatic rings. The van der Waals surface area contributed by atoms with Gasteiger partial charge in [0, 0.05) is 19.1 Å². The molecule has 5 nitrogen and oxygen atoms in total. The van der Waals surface area contributed by atoms with E-state index in [0.29, 0.717) is 31.3 Å². The Hall–Kier alpha value is -1.26. The largest absolute Gasteiger partial charge is 0.479 e. The Morgan fingerprint density at radius 1 is 1.38 bits per heavy atom. The summed E-state index contributed by atoms with van der Waals surface area (Å²) in [7, 11) is 0. The first kappa shape index (κ1) is 16.1. The second kappa shape index (κ2) is 6.24. The predicted octanol–water partition coefficient (Wildman–Crippen LogP) is 2.95. The van der Waals surface area contributed by atoms with Crippen LogP contribution in [0, 0.1) is 5.92 Å². The van der Waals surface area contributed by atoms with Crippen molar-refractivity contribution in [2.75, 3.05) is 13.1 Å². The van der Waals surface area contributed by atoms with Crippen LogP contribution in [0.5, 0.6) is 0 Å². The molecule has 0 aromatic heterocycles. The molecule has 2 aliphatic rings. The zero-order valence-electron chi connectivity index (χ0n) is 13.5. The van der Waals surface area contributed by atoms with Gasteiger partial charge in [-0.2, -0.15) is 0 Å². The number of carboxylic acid groups (broad SMARTS) is 1. The lowest BCUT2D eigenvalue weighted by atomic mass is 9.91. The molecule has 0 spiro atoms. The summed E-state index contributed by atoms with van der Waals surface area (Å²) in [6.07, 6.45) is 4.82. The van der Waals surface area contributed by atoms with Crippen molar-refractivity contribution in [2.24, 2.45) is 5.92 Å². The van der Waals surface area contributed by atoms with E-state index < -0.39 is 11.5 Å². The number of carboxylic acids is 1. The smallest absolute Gasteiger partial charge is 0.329 e. The van der Waals surface area contributed by atoms with Crippen LogP contribution in [0.25, 0.3) is 0 Å². The Kier molecular flexibility index (Phi) is 4.79. The van der Waals surface area contributed by atoms with E-state index in [1.165, 1.54) is 0 Å². The molecule has 2 fully saturated rings. The highest BCUT2D eigenvalue weighted by molar-refractivity contribution is 5.87. The molecule has 1 saturated carbocycles. The highest BCUT2D eigenvalue weighted by Crippen LogP contribution is 2.37. The molecule has 1 aliphatic heterocycles. The maximum Gasteiger partial charge on any atom is 0.329 e. The Bertz CT molecular complexity index is 406. The van der Waals surface area contributed by atoms with Gasteiger partial charge in [0.15, 0.2) is 0 Å². The van der Waals surface area contributed by atoms with Gasteiger partial charge in [0.25, 0.3) is 0 Å². The van der Waals surface area contributed by atoms with Gasteiger partial charge < -0.3 is 14.9 Å². The number of carbonyl (C=O) groups excluding carboxylic acids is 1. The Labute approximate surface area is 127 Å². The zero-order valence-corrected chi connectivity index (χ0v) is 13.5. The summed E-state index contributed by atoms with van der Waals surface area (Å²) in [5.41, 5.74) is -0.976. The minimum atomic E-state index is -0.976. The van der Waals surface area contributed by atoms with E-state index in [2.05, 4.69) is 13.8 Å². The fraction of sp³-hybridized carbons (Fsp3) is 0.875. The fourth-order valence-electron chi connectivity index (χ4n) is 3.48. The van der Waals surface area contributed by atoms with Crippen molar-refractivity contribution in [2.45, 2.75) is 70.9 Å². The number of amides is 2. The lowest BCUT2D eigenvalue weighted by molar-refractivity contribution is -0.149. The van der Waals surface area contributed by atoms with E-state index >= 15 is 0 Å². The average Bonchev–Trinajstić information content (AvgIpc) is 3.16. The minimum Gasteiger partial charge on any atom is -0.479 e. The molecular formula is C16H28N2O3. The second-order valence-corrected chi connectivity index (χ2v) is 6.90. The van der Waals surface area contributed by atoms with Gasteiger partial charge in [-0.1, -0.05) is 27.2 Å². The summed E-state index contributed by atoms with van der Waals surface area (Å²) >= 11 is 0. The van der Waals surface area contributed by atoms with Crippen LogP contribution in [0.4, 0.5) is 4.79 Å². The van der Waals surface area contributed by atoms with Gasteiger partial charge >= 0.3 is 12.0 Å². The third kappa shape index (κ3) is 3.16. The van der Waals surface area contributed by atoms with Gasteiger partial charge in [0.05, 0.1) is 0 Å². The van der Waals surface area contributed by atoms with Crippen LogP contribution >= 0.6 is 0 Å². The van der Waals surface area contributed by atoms with Gasteiger partial charge in [-0.15, -0.1) is 0 Å². The first-order chi connectivity index (χ1) is 9.92. The Morgan fingerprint density at radius 2 is 2.05 bits per heavy atom. The molecule has 5 heteroatoms. The molecule has 120 valence electrons. The lowest BCUT2D eigenvalue weighted by Crippen LogP contribution is -2.57. The van der Waals surface area contributed by atoms with E-state index in [4.69, 9.17) is 0 Å². The van der Waals surface area contributed by atoms with Crippen LogP contribution in [0.15, 0.2) is 0 Å². The van der Waals surface area contributed by atoms with Crippen molar-refractivity contribution in [3.05, 3.63) is 0 Å². The quantitative estimate of drug-likeness (QED) is 0.819. The van der Waals surface area contributed by atoms with Crippen LogP contribution in [-0.2, 0) is 4.79 Å². The zero-order chi connectivity index (χ0) is 15.6. The van der Waals surface area contributed by atoms with Gasteiger partial charge in [-0.25, -0.2) is 9.59 Å². The molecule has 1 heterocycles. The standard InChI is InChI=1S/C16H28N2O3/c1-4-8-16(14(19)20)9-5-10-18(16)15(21)17(11-12(2)3)13-6-7-13/h12-13H,4-11H2,1-3H3,(H,19,20). The first-order valence-electron chi connectivity index (χ1n) is 8.24. The molecule has 1 unspecified atom stereocenters. The number of hydrogen-bond acceptors (Lipinski definition) is 2. The maximum absolute atomic E-state index is 12.9. The SMILES string of the molecule is CCCC1(C(=O)O)CCCN1C(=O)N(CC(C)C)C1CC1. The van der Waals surface area contributed by atoms with Crippen LogP contribution in [0.1, 0.15) is 59.3 Å². The van der Waals surface area contributed by atoms with Crippen molar-refractivity contribution in [1.82, 2.24) is 9.80 Å². The van der Waals surface area contributed by atoms with Crippen molar-refractivity contribution in [1.29, 1.82) is 0 Å². The lowest BCUT2D eigenvalue weighted by Gasteiger charge is -2.38. The highest BCUT2D eigenvalue weighted by Gasteiger charge is 2.51. The summed E-state index contributed by atoms with van der Waals surface area (Å²) in [6, 6.07) is 0.271. The normalized spacial score (nSPS) is 25.4. The third-order valence-corrected chi connectivity index (χ3v) is 4.58. The van der Waals surface area contributed by atoms with E-state index in [-0.39, 0.29) is 6.03 Å². The predicted molar refractivity (Wildman–Crippen MR) is 81.2 cm³/mol. The molecule has 0 radical (unpaired) electrons. The van der Waals surface area contributed by atoms with E-state index in [0.717, 1.165) is 32.2 Å². The Morgan fingerprint density at radius 3 is 2.52 bits per heavy atom. The molecule has 1 N–H and O–H groups in total. The van der Waals surface area contributed by atoms with Gasteiger partial charge in [-0.05, 0) is 38.0 Å². The first-order valence-corrected chi connectivity index (χ1v) is 8.24. The molecule has 21 heavy (non-hydrogen) atoms. The minimum absolute atomic E-state index is 0.0560. The molecule has 0 bridgehead atoms. The Balaban J connectivity index is 2.20. The molecule has 1 atom stereocenters. The molecule has 0 aromatic carbocycles. The summed E-state index contributed by atoms with van der Waals surface area (Å²) in [6.45, 7) is 7.49. The molecule has 2 amide bonds. The van der Waals surface area contributed by atoms with Gasteiger partial charge in [0.2, 0.25) is 0 Å². The molecule has 1 aliphatic carbocycles. The van der Waals surface area contributed by atoms with Crippen molar-refractivity contribution in [3.63, 3.8) is 0 Å². The molecule has 1 saturated heterocycles. The number of hydrogen-bond donors (Lipinski definition) is 1. The molecule has 2 rings (SSSR count). The molecular weight excluding hydrogens is 268 g/mol. The third-order valence-electron chi connectivity index (χ3n) is 4.58. The fourth-order valence-corrected chi connectivity index (χ4v) is 3.48. The number of aliphatic carboxylic acids is 1. The summed E-state index contributed by atoms with van der Waals surface area (Å²) in [5, 5.41) is 9.72. The van der Waals surface area contributed by atoms with Gasteiger partial charge in [-0.3, -0.25) is 0 Å². The summed E-state index contributed by atoms with van der Waals surface area (Å²) < 4.78 is 0. The number of rotatable bonds is 6. The summed E-state index contributed by atoms with van der Waals surface area (Å²) in [5.74, 6) is -0.432. The average molecular weight is 296 g/mol. The number of nitrogens with zero attached hydrogens (tertiary/aromatic N) is 2. The van der Waals surface area contributed by atoms with E-state index in [1.54, 1.807) is 4.90 Å². The van der Waals surface area contributed by atoms with Crippen molar-refractivity contribution < 1.29 is 14.7 Å². The second-order valence-electron chi connectivity index (χ2n) is 6.90. The number of likely N-dealkylation sites (tertiary alicyclic amines) is 1. The van der Waals surface area contributed by atoms with Crippen LogP contribution in [-0.4, -0.2) is 51.6 Å².